The molecule has 0 aliphatic heterocycles. The molecule has 0 atom stereocenters. The molecule has 0 aliphatic rings. The van der Waals surface area contributed by atoms with Crippen LogP contribution in [0.5, 0.6) is 5.75 Å². The van der Waals surface area contributed by atoms with Crippen molar-refractivity contribution in [1.82, 2.24) is 15.0 Å². The maximum absolute atomic E-state index is 9.01. The van der Waals surface area contributed by atoms with Crippen LogP contribution in [0.3, 0.4) is 0 Å². The average Bonchev–Trinajstić information content (AvgIpc) is 3.03. The second-order valence-electron chi connectivity index (χ2n) is 5.78. The van der Waals surface area contributed by atoms with Gasteiger partial charge in [0.15, 0.2) is 0 Å². The van der Waals surface area contributed by atoms with E-state index in [1.54, 1.807) is 12.3 Å². The first-order valence-corrected chi connectivity index (χ1v) is 7.80. The van der Waals surface area contributed by atoms with Crippen LogP contribution in [0, 0.1) is 11.3 Å². The average molecular weight is 318 g/mol. The molecule has 0 spiro atoms. The lowest BCUT2D eigenvalue weighted by Crippen LogP contribution is -2.06. The number of hydrogen-bond donors (Lipinski definition) is 0. The Labute approximate surface area is 141 Å². The summed E-state index contributed by atoms with van der Waals surface area (Å²) in [6, 6.07) is 17.6. The smallest absolute Gasteiger partial charge is 0.119 e. The third-order valence-electron chi connectivity index (χ3n) is 3.53. The molecule has 0 N–H and O–H groups in total. The number of nitrogens with zero attached hydrogens (tertiary/aromatic N) is 4. The molecular formula is C19H18N4O. The minimum atomic E-state index is 0.149. The highest BCUT2D eigenvalue weighted by Crippen LogP contribution is 2.23. The van der Waals surface area contributed by atoms with E-state index >= 15 is 0 Å². The van der Waals surface area contributed by atoms with E-state index in [0.29, 0.717) is 12.1 Å². The Morgan fingerprint density at radius 2 is 1.96 bits per heavy atom. The fourth-order valence-corrected chi connectivity index (χ4v) is 2.49. The van der Waals surface area contributed by atoms with Crippen LogP contribution in [0.1, 0.15) is 25.0 Å². The Bertz CT molecular complexity index is 860. The third-order valence-corrected chi connectivity index (χ3v) is 3.53. The monoisotopic (exact) mass is 318 g/mol. The van der Waals surface area contributed by atoms with Gasteiger partial charge in [-0.3, -0.25) is 0 Å². The van der Waals surface area contributed by atoms with Gasteiger partial charge in [-0.2, -0.15) is 5.26 Å². The summed E-state index contributed by atoms with van der Waals surface area (Å²) in [4.78, 5) is 0. The molecule has 5 heteroatoms. The molecule has 0 aliphatic carbocycles. The van der Waals surface area contributed by atoms with Gasteiger partial charge >= 0.3 is 0 Å². The van der Waals surface area contributed by atoms with Gasteiger partial charge in [-0.05, 0) is 55.8 Å². The minimum absolute atomic E-state index is 0.149. The van der Waals surface area contributed by atoms with E-state index in [4.69, 9.17) is 10.00 Å². The lowest BCUT2D eigenvalue weighted by Gasteiger charge is -2.11. The quantitative estimate of drug-likeness (QED) is 0.720. The van der Waals surface area contributed by atoms with Crippen LogP contribution in [-0.2, 0) is 6.54 Å². The summed E-state index contributed by atoms with van der Waals surface area (Å²) in [5.41, 5.74) is 3.60. The highest BCUT2D eigenvalue weighted by Gasteiger charge is 2.08. The van der Waals surface area contributed by atoms with Crippen LogP contribution in [0.2, 0.25) is 0 Å². The van der Waals surface area contributed by atoms with Gasteiger partial charge in [-0.15, -0.1) is 5.10 Å². The SMILES string of the molecule is CC(C)Oc1ccc(-c2cnnn2Cc2cccc(C#N)c2)cc1. The van der Waals surface area contributed by atoms with Gasteiger partial charge in [0.05, 0.1) is 36.2 Å². The molecule has 2 aromatic carbocycles. The predicted molar refractivity (Wildman–Crippen MR) is 91.5 cm³/mol. The molecule has 1 aromatic heterocycles. The second-order valence-corrected chi connectivity index (χ2v) is 5.78. The van der Waals surface area contributed by atoms with Gasteiger partial charge in [0.25, 0.3) is 0 Å². The molecule has 0 fully saturated rings. The fraction of sp³-hybridized carbons (Fsp3) is 0.211. The van der Waals surface area contributed by atoms with E-state index in [1.165, 1.54) is 0 Å². The lowest BCUT2D eigenvalue weighted by atomic mass is 10.1. The predicted octanol–water partition coefficient (Wildman–Crippen LogP) is 3.65. The standard InChI is InChI=1S/C19H18N4O/c1-14(2)24-18-8-6-17(7-9-18)19-12-21-22-23(19)13-16-5-3-4-15(10-16)11-20/h3-10,12,14H,13H2,1-2H3. The molecule has 120 valence electrons. The van der Waals surface area contributed by atoms with Gasteiger partial charge in [0.1, 0.15) is 5.75 Å². The fourth-order valence-electron chi connectivity index (χ4n) is 2.49. The topological polar surface area (TPSA) is 63.7 Å². The lowest BCUT2D eigenvalue weighted by molar-refractivity contribution is 0.242. The summed E-state index contributed by atoms with van der Waals surface area (Å²) >= 11 is 0. The van der Waals surface area contributed by atoms with Crippen molar-refractivity contribution in [3.05, 3.63) is 65.9 Å². The maximum atomic E-state index is 9.01. The molecule has 0 bridgehead atoms. The van der Waals surface area contributed by atoms with Gasteiger partial charge < -0.3 is 4.74 Å². The summed E-state index contributed by atoms with van der Waals surface area (Å²) in [7, 11) is 0. The molecule has 0 radical (unpaired) electrons. The Morgan fingerprint density at radius 3 is 2.67 bits per heavy atom. The molecule has 5 nitrogen and oxygen atoms in total. The van der Waals surface area contributed by atoms with Crippen molar-refractivity contribution in [2.45, 2.75) is 26.5 Å². The summed E-state index contributed by atoms with van der Waals surface area (Å²) in [6.45, 7) is 4.57. The summed E-state index contributed by atoms with van der Waals surface area (Å²) < 4.78 is 7.50. The molecule has 0 amide bonds. The number of benzene rings is 2. The minimum Gasteiger partial charge on any atom is -0.491 e. The van der Waals surface area contributed by atoms with E-state index in [9.17, 15) is 0 Å². The van der Waals surface area contributed by atoms with Crippen molar-refractivity contribution in [3.63, 3.8) is 0 Å². The molecule has 0 unspecified atom stereocenters. The Balaban J connectivity index is 1.83. The Morgan fingerprint density at radius 1 is 1.17 bits per heavy atom. The molecule has 3 rings (SSSR count). The highest BCUT2D eigenvalue weighted by molar-refractivity contribution is 5.59. The van der Waals surface area contributed by atoms with Crippen LogP contribution in [0.15, 0.2) is 54.7 Å². The van der Waals surface area contributed by atoms with Gasteiger partial charge in [0.2, 0.25) is 0 Å². The summed E-state index contributed by atoms with van der Waals surface area (Å²) in [5, 5.41) is 17.2. The van der Waals surface area contributed by atoms with Crippen LogP contribution < -0.4 is 4.74 Å². The van der Waals surface area contributed by atoms with Crippen LogP contribution in [-0.4, -0.2) is 21.1 Å². The number of rotatable bonds is 5. The van der Waals surface area contributed by atoms with E-state index in [2.05, 4.69) is 16.4 Å². The van der Waals surface area contributed by atoms with Gasteiger partial charge in [-0.25, -0.2) is 4.68 Å². The van der Waals surface area contributed by atoms with Crippen LogP contribution in [0.25, 0.3) is 11.3 Å². The maximum Gasteiger partial charge on any atom is 0.119 e. The molecule has 1 heterocycles. The molecule has 0 saturated heterocycles. The van der Waals surface area contributed by atoms with Crippen molar-refractivity contribution < 1.29 is 4.74 Å². The summed E-state index contributed by atoms with van der Waals surface area (Å²) in [5.74, 6) is 0.842. The first-order chi connectivity index (χ1) is 11.7. The van der Waals surface area contributed by atoms with Crippen LogP contribution in [0.4, 0.5) is 0 Å². The first-order valence-electron chi connectivity index (χ1n) is 7.80. The van der Waals surface area contributed by atoms with E-state index in [1.807, 2.05) is 61.0 Å². The van der Waals surface area contributed by atoms with Crippen LogP contribution >= 0.6 is 0 Å². The molecular weight excluding hydrogens is 300 g/mol. The van der Waals surface area contributed by atoms with E-state index < -0.39 is 0 Å². The largest absolute Gasteiger partial charge is 0.491 e. The third kappa shape index (κ3) is 3.61. The normalized spacial score (nSPS) is 10.6. The molecule has 3 aromatic rings. The van der Waals surface area contributed by atoms with Gasteiger partial charge in [0, 0.05) is 5.56 Å². The van der Waals surface area contributed by atoms with Crippen molar-refractivity contribution in [3.8, 4) is 23.1 Å². The zero-order valence-electron chi connectivity index (χ0n) is 13.7. The van der Waals surface area contributed by atoms with Gasteiger partial charge in [-0.1, -0.05) is 17.3 Å². The first kappa shape index (κ1) is 15.8. The number of ether oxygens (including phenoxy) is 1. The molecule has 0 saturated carbocycles. The van der Waals surface area contributed by atoms with Crippen molar-refractivity contribution in [2.75, 3.05) is 0 Å². The zero-order valence-corrected chi connectivity index (χ0v) is 13.7. The Kier molecular flexibility index (Phi) is 4.57. The number of aromatic nitrogens is 3. The second kappa shape index (κ2) is 6.97. The van der Waals surface area contributed by atoms with E-state index in [-0.39, 0.29) is 6.10 Å². The summed E-state index contributed by atoms with van der Waals surface area (Å²) in [6.07, 6.45) is 1.89. The molecule has 24 heavy (non-hydrogen) atoms. The Hall–Kier alpha value is -3.13. The highest BCUT2D eigenvalue weighted by atomic mass is 16.5. The number of nitriles is 1. The van der Waals surface area contributed by atoms with Crippen molar-refractivity contribution in [2.24, 2.45) is 0 Å². The number of hydrogen-bond acceptors (Lipinski definition) is 4. The van der Waals surface area contributed by atoms with Crippen molar-refractivity contribution in [1.29, 1.82) is 5.26 Å². The zero-order chi connectivity index (χ0) is 16.9. The van der Waals surface area contributed by atoms with E-state index in [0.717, 1.165) is 22.6 Å². The van der Waals surface area contributed by atoms with Crippen molar-refractivity contribution >= 4 is 0 Å².